The molecule has 0 N–H and O–H groups in total. The van der Waals surface area contributed by atoms with Gasteiger partial charge in [0.05, 0.1) is 25.1 Å². The minimum Gasteiger partial charge on any atom is -0.489 e. The molecule has 1 fully saturated rings. The number of nitrogens with zero attached hydrogens (tertiary/aromatic N) is 2. The molecule has 0 amide bonds. The zero-order chi connectivity index (χ0) is 18.0. The van der Waals surface area contributed by atoms with Crippen molar-refractivity contribution in [1.29, 1.82) is 0 Å². The van der Waals surface area contributed by atoms with Crippen molar-refractivity contribution in [3.8, 4) is 5.75 Å². The van der Waals surface area contributed by atoms with Crippen LogP contribution in [0, 0.1) is 25.6 Å². The lowest BCUT2D eigenvalue weighted by Crippen LogP contribution is -2.23. The Hall–Kier alpha value is -2.50. The predicted molar refractivity (Wildman–Crippen MR) is 89.8 cm³/mol. The van der Waals surface area contributed by atoms with E-state index >= 15 is 0 Å². The molecular formula is C19H21FN2O3. The number of hydrogen-bond acceptors (Lipinski definition) is 5. The molecule has 6 heteroatoms. The Morgan fingerprint density at radius 3 is 2.88 bits per heavy atom. The molecular weight excluding hydrogens is 323 g/mol. The molecule has 25 heavy (non-hydrogen) atoms. The fourth-order valence-electron chi connectivity index (χ4n) is 3.15. The van der Waals surface area contributed by atoms with E-state index in [0.717, 1.165) is 17.7 Å². The molecule has 132 valence electrons. The first-order valence-electron chi connectivity index (χ1n) is 8.23. The van der Waals surface area contributed by atoms with Crippen molar-refractivity contribution in [1.82, 2.24) is 9.97 Å². The number of hydrogen-bond donors (Lipinski definition) is 0. The Kier molecular flexibility index (Phi) is 4.70. The van der Waals surface area contributed by atoms with Crippen LogP contribution in [0.4, 0.5) is 4.39 Å². The number of rotatable bonds is 6. The van der Waals surface area contributed by atoms with Gasteiger partial charge < -0.3 is 9.47 Å². The van der Waals surface area contributed by atoms with E-state index < -0.39 is 0 Å². The Morgan fingerprint density at radius 2 is 2.20 bits per heavy atom. The maximum absolute atomic E-state index is 13.7. The number of carbonyl (C=O) groups excluding carboxylic acids is 1. The van der Waals surface area contributed by atoms with Gasteiger partial charge >= 0.3 is 5.97 Å². The lowest BCUT2D eigenvalue weighted by atomic mass is 9.94. The second kappa shape index (κ2) is 6.78. The van der Waals surface area contributed by atoms with Gasteiger partial charge in [-0.2, -0.15) is 0 Å². The number of aromatic nitrogens is 2. The van der Waals surface area contributed by atoms with E-state index in [-0.39, 0.29) is 23.1 Å². The summed E-state index contributed by atoms with van der Waals surface area (Å²) in [7, 11) is 0. The van der Waals surface area contributed by atoms with Crippen LogP contribution < -0.4 is 4.74 Å². The van der Waals surface area contributed by atoms with Crippen LogP contribution in [0.2, 0.25) is 0 Å². The van der Waals surface area contributed by atoms with Crippen molar-refractivity contribution in [2.24, 2.45) is 5.92 Å². The standard InChI is InChI=1S/C19H21FN2O3/c1-12-18(9-21-13(2)22-12)25-11-19(8-16(19)10-24-14(3)23)15-5-4-6-17(20)7-15/h4-7,9,16H,8,10-11H2,1-3H3/t16-,19+/m0/s1. The summed E-state index contributed by atoms with van der Waals surface area (Å²) in [5.74, 6) is 0.793. The number of ether oxygens (including phenoxy) is 2. The van der Waals surface area contributed by atoms with Gasteiger partial charge in [0.2, 0.25) is 0 Å². The third kappa shape index (κ3) is 3.78. The van der Waals surface area contributed by atoms with Gasteiger partial charge in [-0.15, -0.1) is 0 Å². The molecule has 1 aromatic carbocycles. The lowest BCUT2D eigenvalue weighted by Gasteiger charge is -2.20. The van der Waals surface area contributed by atoms with E-state index in [0.29, 0.717) is 24.8 Å². The summed E-state index contributed by atoms with van der Waals surface area (Å²) in [6, 6.07) is 6.52. The zero-order valence-corrected chi connectivity index (χ0v) is 14.6. The number of halogens is 1. The molecule has 2 aromatic rings. The van der Waals surface area contributed by atoms with Gasteiger partial charge in [-0.05, 0) is 38.0 Å². The molecule has 2 atom stereocenters. The molecule has 1 aliphatic carbocycles. The number of carbonyl (C=O) groups is 1. The molecule has 5 nitrogen and oxygen atoms in total. The van der Waals surface area contributed by atoms with Crippen LogP contribution in [0.5, 0.6) is 5.75 Å². The molecule has 0 bridgehead atoms. The summed E-state index contributed by atoms with van der Waals surface area (Å²) < 4.78 is 24.8. The highest BCUT2D eigenvalue weighted by molar-refractivity contribution is 5.66. The average Bonchev–Trinajstić information content (AvgIpc) is 3.27. The molecule has 0 aliphatic heterocycles. The largest absolute Gasteiger partial charge is 0.489 e. The van der Waals surface area contributed by atoms with Crippen molar-refractivity contribution in [3.05, 3.63) is 53.4 Å². The Labute approximate surface area is 146 Å². The average molecular weight is 344 g/mol. The maximum Gasteiger partial charge on any atom is 0.302 e. The summed E-state index contributed by atoms with van der Waals surface area (Å²) >= 11 is 0. The molecule has 3 rings (SSSR count). The summed E-state index contributed by atoms with van der Waals surface area (Å²) in [4.78, 5) is 19.6. The molecule has 0 spiro atoms. The zero-order valence-electron chi connectivity index (χ0n) is 14.6. The monoisotopic (exact) mass is 344 g/mol. The van der Waals surface area contributed by atoms with Crippen LogP contribution in [-0.4, -0.2) is 29.2 Å². The Morgan fingerprint density at radius 1 is 1.40 bits per heavy atom. The summed E-state index contributed by atoms with van der Waals surface area (Å²) in [6.45, 7) is 5.73. The Balaban J connectivity index is 1.79. The quantitative estimate of drug-likeness (QED) is 0.754. The third-order valence-electron chi connectivity index (χ3n) is 4.66. The highest BCUT2D eigenvalue weighted by Crippen LogP contribution is 2.54. The number of esters is 1. The molecule has 1 aliphatic rings. The highest BCUT2D eigenvalue weighted by atomic mass is 19.1. The summed E-state index contributed by atoms with van der Waals surface area (Å²) in [5, 5.41) is 0. The number of benzene rings is 1. The van der Waals surface area contributed by atoms with Crippen LogP contribution in [0.25, 0.3) is 0 Å². The van der Waals surface area contributed by atoms with Crippen LogP contribution in [0.3, 0.4) is 0 Å². The van der Waals surface area contributed by atoms with E-state index in [1.54, 1.807) is 12.3 Å². The first-order valence-corrected chi connectivity index (χ1v) is 8.23. The molecule has 1 aromatic heterocycles. The van der Waals surface area contributed by atoms with Crippen LogP contribution in [-0.2, 0) is 14.9 Å². The first kappa shape index (κ1) is 17.3. The summed E-state index contributed by atoms with van der Waals surface area (Å²) in [5.41, 5.74) is 1.25. The van der Waals surface area contributed by atoms with E-state index in [4.69, 9.17) is 9.47 Å². The second-order valence-electron chi connectivity index (χ2n) is 6.53. The topological polar surface area (TPSA) is 61.3 Å². The van der Waals surface area contributed by atoms with Gasteiger partial charge in [0.25, 0.3) is 0 Å². The third-order valence-corrected chi connectivity index (χ3v) is 4.66. The first-order chi connectivity index (χ1) is 11.9. The van der Waals surface area contributed by atoms with E-state index in [1.807, 2.05) is 19.9 Å². The van der Waals surface area contributed by atoms with Crippen molar-refractivity contribution < 1.29 is 18.7 Å². The van der Waals surface area contributed by atoms with Crippen LogP contribution >= 0.6 is 0 Å². The second-order valence-corrected chi connectivity index (χ2v) is 6.53. The van der Waals surface area contributed by atoms with Gasteiger partial charge in [0.1, 0.15) is 11.6 Å². The number of aryl methyl sites for hydroxylation is 2. The Bertz CT molecular complexity index is 796. The van der Waals surface area contributed by atoms with Crippen molar-refractivity contribution in [2.75, 3.05) is 13.2 Å². The van der Waals surface area contributed by atoms with Crippen LogP contribution in [0.1, 0.15) is 30.4 Å². The maximum atomic E-state index is 13.7. The minimum atomic E-state index is -0.366. The minimum absolute atomic E-state index is 0.102. The van der Waals surface area contributed by atoms with Crippen molar-refractivity contribution in [3.63, 3.8) is 0 Å². The van der Waals surface area contributed by atoms with Crippen molar-refractivity contribution in [2.45, 2.75) is 32.6 Å². The van der Waals surface area contributed by atoms with E-state index in [1.165, 1.54) is 19.1 Å². The normalized spacial score (nSPS) is 21.7. The smallest absolute Gasteiger partial charge is 0.302 e. The lowest BCUT2D eigenvalue weighted by molar-refractivity contribution is -0.141. The van der Waals surface area contributed by atoms with Crippen LogP contribution in [0.15, 0.2) is 30.5 Å². The predicted octanol–water partition coefficient (Wildman–Crippen LogP) is 3.13. The van der Waals surface area contributed by atoms with Crippen molar-refractivity contribution >= 4 is 5.97 Å². The SMILES string of the molecule is CC(=O)OC[C@@H]1C[C@@]1(COc1cnc(C)nc1C)c1cccc(F)c1. The van der Waals surface area contributed by atoms with E-state index in [2.05, 4.69) is 9.97 Å². The molecule has 1 saturated carbocycles. The van der Waals surface area contributed by atoms with Gasteiger partial charge in [-0.25, -0.2) is 14.4 Å². The van der Waals surface area contributed by atoms with Gasteiger partial charge in [0, 0.05) is 18.3 Å². The van der Waals surface area contributed by atoms with Gasteiger partial charge in [-0.3, -0.25) is 4.79 Å². The van der Waals surface area contributed by atoms with E-state index in [9.17, 15) is 9.18 Å². The summed E-state index contributed by atoms with van der Waals surface area (Å²) in [6.07, 6.45) is 2.43. The highest BCUT2D eigenvalue weighted by Gasteiger charge is 2.56. The van der Waals surface area contributed by atoms with Gasteiger partial charge in [-0.1, -0.05) is 12.1 Å². The van der Waals surface area contributed by atoms with Gasteiger partial charge in [0.15, 0.2) is 5.75 Å². The fraction of sp³-hybridized carbons (Fsp3) is 0.421. The fourth-order valence-corrected chi connectivity index (χ4v) is 3.15. The molecule has 0 saturated heterocycles. The molecule has 1 heterocycles. The molecule has 0 radical (unpaired) electrons. The molecule has 0 unspecified atom stereocenters.